The van der Waals surface area contributed by atoms with E-state index in [1.807, 2.05) is 18.2 Å². The Bertz CT molecular complexity index is 802. The van der Waals surface area contributed by atoms with E-state index in [1.54, 1.807) is 23.1 Å². The van der Waals surface area contributed by atoms with Crippen LogP contribution in [0.1, 0.15) is 35.4 Å². The number of carbonyl (C=O) groups is 1. The molecule has 0 bridgehead atoms. The van der Waals surface area contributed by atoms with Gasteiger partial charge in [-0.15, -0.1) is 0 Å². The first-order valence-corrected chi connectivity index (χ1v) is 8.71. The molecule has 2 aliphatic rings. The quantitative estimate of drug-likeness (QED) is 0.878. The largest absolute Gasteiger partial charge is 0.508 e. The van der Waals surface area contributed by atoms with Crippen LogP contribution in [-0.4, -0.2) is 28.6 Å². The average Bonchev–Trinajstić information content (AvgIpc) is 2.58. The summed E-state index contributed by atoms with van der Waals surface area (Å²) in [5.41, 5.74) is 2.93. The van der Waals surface area contributed by atoms with Gasteiger partial charge in [0.1, 0.15) is 11.6 Å². The number of nitrogens with zero attached hydrogens (tertiary/aromatic N) is 1. The highest BCUT2D eigenvalue weighted by Gasteiger charge is 2.34. The molecule has 0 spiro atoms. The van der Waals surface area contributed by atoms with E-state index in [4.69, 9.17) is 0 Å². The Labute approximate surface area is 146 Å². The Morgan fingerprint density at radius 2 is 1.96 bits per heavy atom. The predicted octanol–water partition coefficient (Wildman–Crippen LogP) is 3.55. The van der Waals surface area contributed by atoms with Crippen LogP contribution in [0.3, 0.4) is 0 Å². The third kappa shape index (κ3) is 3.18. The van der Waals surface area contributed by atoms with Crippen molar-refractivity contribution in [2.45, 2.75) is 37.8 Å². The zero-order valence-electron chi connectivity index (χ0n) is 13.9. The zero-order valence-corrected chi connectivity index (χ0v) is 13.9. The lowest BCUT2D eigenvalue weighted by molar-refractivity contribution is 0.177. The van der Waals surface area contributed by atoms with Gasteiger partial charge in [0.25, 0.3) is 0 Å². The fraction of sp³-hybridized carbons (Fsp3) is 0.350. The van der Waals surface area contributed by atoms with Crippen molar-refractivity contribution in [3.8, 4) is 5.75 Å². The maximum atomic E-state index is 13.8. The molecule has 0 atom stereocenters. The summed E-state index contributed by atoms with van der Waals surface area (Å²) in [6.45, 7) is 1.19. The van der Waals surface area contributed by atoms with E-state index in [0.717, 1.165) is 30.4 Å². The molecule has 2 N–H and O–H groups in total. The minimum atomic E-state index is -0.162. The van der Waals surface area contributed by atoms with E-state index >= 15 is 0 Å². The number of nitrogens with one attached hydrogen (secondary N) is 1. The van der Waals surface area contributed by atoms with E-state index in [-0.39, 0.29) is 29.6 Å². The van der Waals surface area contributed by atoms with Crippen molar-refractivity contribution in [1.29, 1.82) is 0 Å². The van der Waals surface area contributed by atoms with Crippen molar-refractivity contribution in [3.05, 3.63) is 65.0 Å². The number of carbonyl (C=O) groups excluding carboxylic acids is 1. The highest BCUT2D eigenvalue weighted by Crippen LogP contribution is 2.38. The molecule has 4 rings (SSSR count). The summed E-state index contributed by atoms with van der Waals surface area (Å²) < 4.78 is 13.8. The molecular formula is C20H21FN2O2. The molecule has 1 fully saturated rings. The fourth-order valence-corrected chi connectivity index (χ4v) is 3.78. The summed E-state index contributed by atoms with van der Waals surface area (Å²) >= 11 is 0. The van der Waals surface area contributed by atoms with Gasteiger partial charge in [-0.2, -0.15) is 0 Å². The Morgan fingerprint density at radius 3 is 2.76 bits per heavy atom. The first-order valence-electron chi connectivity index (χ1n) is 8.71. The minimum Gasteiger partial charge on any atom is -0.508 e. The van der Waals surface area contributed by atoms with Crippen LogP contribution in [0.5, 0.6) is 5.75 Å². The van der Waals surface area contributed by atoms with Crippen molar-refractivity contribution >= 4 is 6.03 Å². The molecule has 0 unspecified atom stereocenters. The van der Waals surface area contributed by atoms with E-state index < -0.39 is 0 Å². The van der Waals surface area contributed by atoms with Crippen molar-refractivity contribution in [3.63, 3.8) is 0 Å². The van der Waals surface area contributed by atoms with Crippen LogP contribution >= 0.6 is 0 Å². The number of phenolic OH excluding ortho intramolecular Hbond substituents is 1. The monoisotopic (exact) mass is 340 g/mol. The number of hydrogen-bond donors (Lipinski definition) is 2. The second-order valence-electron chi connectivity index (χ2n) is 6.96. The minimum absolute atomic E-state index is 0.0778. The Balaban J connectivity index is 1.33. The van der Waals surface area contributed by atoms with Crippen LogP contribution in [0.25, 0.3) is 0 Å². The molecule has 2 aromatic rings. The van der Waals surface area contributed by atoms with Gasteiger partial charge in [-0.3, -0.25) is 0 Å². The van der Waals surface area contributed by atoms with Gasteiger partial charge in [-0.05, 0) is 60.1 Å². The maximum Gasteiger partial charge on any atom is 0.317 e. The molecule has 0 aromatic heterocycles. The molecule has 1 saturated carbocycles. The number of urea groups is 1. The Morgan fingerprint density at radius 1 is 1.16 bits per heavy atom. The molecule has 1 heterocycles. The topological polar surface area (TPSA) is 52.6 Å². The molecule has 2 amide bonds. The summed E-state index contributed by atoms with van der Waals surface area (Å²) in [7, 11) is 0. The van der Waals surface area contributed by atoms with Gasteiger partial charge in [0.05, 0.1) is 0 Å². The molecule has 0 radical (unpaired) electrons. The van der Waals surface area contributed by atoms with E-state index in [9.17, 15) is 14.3 Å². The Hall–Kier alpha value is -2.56. The first-order chi connectivity index (χ1) is 12.1. The molecule has 1 aliphatic carbocycles. The smallest absolute Gasteiger partial charge is 0.317 e. The van der Waals surface area contributed by atoms with Crippen LogP contribution < -0.4 is 5.32 Å². The van der Waals surface area contributed by atoms with Crippen molar-refractivity contribution < 1.29 is 14.3 Å². The number of phenols is 1. The van der Waals surface area contributed by atoms with Gasteiger partial charge < -0.3 is 15.3 Å². The van der Waals surface area contributed by atoms with Gasteiger partial charge in [-0.1, -0.05) is 24.3 Å². The zero-order chi connectivity index (χ0) is 17.4. The summed E-state index contributed by atoms with van der Waals surface area (Å²) in [5, 5.41) is 12.7. The van der Waals surface area contributed by atoms with Crippen LogP contribution in [0, 0.1) is 5.82 Å². The third-order valence-electron chi connectivity index (χ3n) is 5.30. The molecular weight excluding hydrogens is 319 g/mol. The second-order valence-corrected chi connectivity index (χ2v) is 6.96. The number of rotatable bonds is 2. The van der Waals surface area contributed by atoms with Gasteiger partial charge >= 0.3 is 6.03 Å². The molecule has 4 nitrogen and oxygen atoms in total. The van der Waals surface area contributed by atoms with E-state index in [0.29, 0.717) is 13.1 Å². The highest BCUT2D eigenvalue weighted by molar-refractivity contribution is 5.75. The van der Waals surface area contributed by atoms with Gasteiger partial charge in [0, 0.05) is 19.1 Å². The van der Waals surface area contributed by atoms with Gasteiger partial charge in [-0.25, -0.2) is 9.18 Å². The normalized spacial score (nSPS) is 22.0. The lowest BCUT2D eigenvalue weighted by Crippen LogP contribution is -2.50. The predicted molar refractivity (Wildman–Crippen MR) is 92.9 cm³/mol. The summed E-state index contributed by atoms with van der Waals surface area (Å²) in [6, 6.07) is 12.2. The number of hydrogen-bond acceptors (Lipinski definition) is 2. The molecule has 5 heteroatoms. The van der Waals surface area contributed by atoms with Crippen LogP contribution in [0.2, 0.25) is 0 Å². The number of amides is 2. The average molecular weight is 340 g/mol. The third-order valence-corrected chi connectivity index (χ3v) is 5.30. The molecule has 0 saturated heterocycles. The van der Waals surface area contributed by atoms with Crippen molar-refractivity contribution in [2.75, 3.05) is 6.54 Å². The molecule has 130 valence electrons. The number of aromatic hydroxyl groups is 1. The number of halogens is 1. The Kier molecular flexibility index (Phi) is 4.07. The SMILES string of the molecule is O=C(NC1CC(c2ccccc2F)C1)N1CCc2ccc(O)cc2C1. The summed E-state index contributed by atoms with van der Waals surface area (Å²) in [6.07, 6.45) is 2.35. The highest BCUT2D eigenvalue weighted by atomic mass is 19.1. The van der Waals surface area contributed by atoms with Gasteiger partial charge in [0.15, 0.2) is 0 Å². The molecule has 2 aromatic carbocycles. The lowest BCUT2D eigenvalue weighted by atomic mass is 9.75. The van der Waals surface area contributed by atoms with Gasteiger partial charge in [0.2, 0.25) is 0 Å². The number of benzene rings is 2. The van der Waals surface area contributed by atoms with Crippen LogP contribution in [0.15, 0.2) is 42.5 Å². The number of fused-ring (bicyclic) bond motifs is 1. The fourth-order valence-electron chi connectivity index (χ4n) is 3.78. The standard InChI is InChI=1S/C20H21FN2O2/c21-19-4-2-1-3-18(19)14-9-16(10-14)22-20(25)23-8-7-13-5-6-17(24)11-15(13)12-23/h1-6,11,14,16,24H,7-10,12H2,(H,22,25). The van der Waals surface area contributed by atoms with Crippen LogP contribution in [0.4, 0.5) is 9.18 Å². The summed E-state index contributed by atoms with van der Waals surface area (Å²) in [4.78, 5) is 14.3. The first kappa shape index (κ1) is 15.9. The lowest BCUT2D eigenvalue weighted by Gasteiger charge is -2.38. The van der Waals surface area contributed by atoms with E-state index in [2.05, 4.69) is 5.32 Å². The second kappa shape index (κ2) is 6.39. The summed E-state index contributed by atoms with van der Waals surface area (Å²) in [5.74, 6) is 0.253. The van der Waals surface area contributed by atoms with Crippen molar-refractivity contribution in [1.82, 2.24) is 10.2 Å². The van der Waals surface area contributed by atoms with E-state index in [1.165, 1.54) is 11.6 Å². The van der Waals surface area contributed by atoms with Crippen molar-refractivity contribution in [2.24, 2.45) is 0 Å². The maximum absolute atomic E-state index is 13.8. The van der Waals surface area contributed by atoms with Crippen LogP contribution in [-0.2, 0) is 13.0 Å². The molecule has 25 heavy (non-hydrogen) atoms. The molecule has 1 aliphatic heterocycles.